The number of nitrogens with two attached hydrogens (primary N) is 1. The molecule has 0 saturated heterocycles. The number of amides is 1. The molecule has 0 aliphatic rings. The lowest BCUT2D eigenvalue weighted by Crippen LogP contribution is -2.31. The molecule has 1 atom stereocenters. The fourth-order valence-electron chi connectivity index (χ4n) is 1.79. The first-order valence-electron chi connectivity index (χ1n) is 7.43. The Hall–Kier alpha value is -1.75. The molecule has 0 aliphatic heterocycles. The first-order valence-corrected chi connectivity index (χ1v) is 7.43. The highest BCUT2D eigenvalue weighted by atomic mass is 16.5. The van der Waals surface area contributed by atoms with Crippen LogP contribution in [0.1, 0.15) is 34.1 Å². The molecule has 0 radical (unpaired) electrons. The second kappa shape index (κ2) is 8.52. The minimum atomic E-state index is -0.140. The third-order valence-corrected chi connectivity index (χ3v) is 3.10. The van der Waals surface area contributed by atoms with Crippen LogP contribution in [0.25, 0.3) is 0 Å². The van der Waals surface area contributed by atoms with Gasteiger partial charge in [0.2, 0.25) is 5.91 Å². The van der Waals surface area contributed by atoms with E-state index in [2.05, 4.69) is 5.32 Å². The molecule has 0 bridgehead atoms. The van der Waals surface area contributed by atoms with Crippen LogP contribution in [0.3, 0.4) is 0 Å². The van der Waals surface area contributed by atoms with Crippen molar-refractivity contribution in [2.24, 2.45) is 11.7 Å². The maximum atomic E-state index is 11.9. The van der Waals surface area contributed by atoms with E-state index in [9.17, 15) is 4.79 Å². The van der Waals surface area contributed by atoms with Gasteiger partial charge in [-0.05, 0) is 31.9 Å². The van der Waals surface area contributed by atoms with Crippen LogP contribution in [-0.4, -0.2) is 25.2 Å². The minimum Gasteiger partial charge on any atom is -0.490 e. The van der Waals surface area contributed by atoms with Gasteiger partial charge in [0.1, 0.15) is 0 Å². The quantitative estimate of drug-likeness (QED) is 0.773. The van der Waals surface area contributed by atoms with Gasteiger partial charge in [-0.1, -0.05) is 13.8 Å². The average Bonchev–Trinajstić information content (AvgIpc) is 2.42. The van der Waals surface area contributed by atoms with Gasteiger partial charge in [0.15, 0.2) is 11.5 Å². The summed E-state index contributed by atoms with van der Waals surface area (Å²) in [6.45, 7) is 8.93. The first kappa shape index (κ1) is 17.3. The zero-order chi connectivity index (χ0) is 15.8. The molecule has 1 rings (SSSR count). The van der Waals surface area contributed by atoms with Crippen LogP contribution in [0, 0.1) is 5.92 Å². The van der Waals surface area contributed by atoms with E-state index in [1.54, 1.807) is 18.2 Å². The van der Waals surface area contributed by atoms with Crippen LogP contribution in [0.2, 0.25) is 0 Å². The van der Waals surface area contributed by atoms with Crippen LogP contribution in [-0.2, 0) is 4.79 Å². The molecule has 1 aromatic rings. The summed E-state index contributed by atoms with van der Waals surface area (Å²) < 4.78 is 11.0. The summed E-state index contributed by atoms with van der Waals surface area (Å²) in [4.78, 5) is 11.9. The molecule has 1 aromatic carbocycles. The largest absolute Gasteiger partial charge is 0.490 e. The zero-order valence-electron chi connectivity index (χ0n) is 13.3. The minimum absolute atomic E-state index is 0.0946. The van der Waals surface area contributed by atoms with Crippen molar-refractivity contribution in [1.82, 2.24) is 0 Å². The van der Waals surface area contributed by atoms with Crippen molar-refractivity contribution in [3.8, 4) is 11.5 Å². The first-order chi connectivity index (χ1) is 9.97. The van der Waals surface area contributed by atoms with Gasteiger partial charge in [-0.2, -0.15) is 0 Å². The fraction of sp³-hybridized carbons (Fsp3) is 0.562. The third kappa shape index (κ3) is 5.63. The van der Waals surface area contributed by atoms with Gasteiger partial charge in [-0.25, -0.2) is 0 Å². The monoisotopic (exact) mass is 294 g/mol. The van der Waals surface area contributed by atoms with Crippen LogP contribution >= 0.6 is 0 Å². The highest BCUT2D eigenvalue weighted by Crippen LogP contribution is 2.30. The lowest BCUT2D eigenvalue weighted by molar-refractivity contribution is -0.116. The second-order valence-electron chi connectivity index (χ2n) is 5.19. The van der Waals surface area contributed by atoms with E-state index in [-0.39, 0.29) is 17.9 Å². The van der Waals surface area contributed by atoms with Crippen molar-refractivity contribution in [3.63, 3.8) is 0 Å². The molecule has 0 aromatic heterocycles. The molecule has 3 N–H and O–H groups in total. The molecular formula is C16H26N2O3. The summed E-state index contributed by atoms with van der Waals surface area (Å²) in [5, 5.41) is 2.84. The molecular weight excluding hydrogens is 268 g/mol. The number of carbonyl (C=O) groups excluding carboxylic acids is 1. The third-order valence-electron chi connectivity index (χ3n) is 3.10. The van der Waals surface area contributed by atoms with Crippen LogP contribution < -0.4 is 20.5 Å². The lowest BCUT2D eigenvalue weighted by Gasteiger charge is -2.16. The number of rotatable bonds is 8. The predicted molar refractivity (Wildman–Crippen MR) is 84.8 cm³/mol. The van der Waals surface area contributed by atoms with Crippen molar-refractivity contribution >= 4 is 11.6 Å². The Balaban J connectivity index is 2.75. The Morgan fingerprint density at radius 2 is 1.81 bits per heavy atom. The van der Waals surface area contributed by atoms with Gasteiger partial charge >= 0.3 is 0 Å². The van der Waals surface area contributed by atoms with E-state index < -0.39 is 0 Å². The highest BCUT2D eigenvalue weighted by Gasteiger charge is 2.14. The molecule has 1 amide bonds. The molecule has 118 valence electrons. The van der Waals surface area contributed by atoms with Gasteiger partial charge < -0.3 is 20.5 Å². The van der Waals surface area contributed by atoms with E-state index >= 15 is 0 Å². The molecule has 0 aliphatic carbocycles. The smallest absolute Gasteiger partial charge is 0.225 e. The zero-order valence-corrected chi connectivity index (χ0v) is 13.3. The second-order valence-corrected chi connectivity index (χ2v) is 5.19. The summed E-state index contributed by atoms with van der Waals surface area (Å²) in [7, 11) is 0. The van der Waals surface area contributed by atoms with Crippen molar-refractivity contribution < 1.29 is 14.3 Å². The fourth-order valence-corrected chi connectivity index (χ4v) is 1.79. The molecule has 5 nitrogen and oxygen atoms in total. The van der Waals surface area contributed by atoms with Crippen LogP contribution in [0.4, 0.5) is 5.69 Å². The van der Waals surface area contributed by atoms with E-state index in [0.29, 0.717) is 36.8 Å². The average molecular weight is 294 g/mol. The normalized spacial score (nSPS) is 12.1. The Morgan fingerprint density at radius 3 is 2.38 bits per heavy atom. The summed E-state index contributed by atoms with van der Waals surface area (Å²) in [5.41, 5.74) is 6.59. The SMILES string of the molecule is CCOc1ccc(NC(=O)CC(N)C(C)C)cc1OCC. The van der Waals surface area contributed by atoms with Crippen molar-refractivity contribution in [1.29, 1.82) is 0 Å². The molecule has 0 fully saturated rings. The predicted octanol–water partition coefficient (Wildman–Crippen LogP) is 2.80. The molecule has 0 saturated carbocycles. The summed E-state index contributed by atoms with van der Waals surface area (Å²) in [5.74, 6) is 1.49. The Labute approximate surface area is 126 Å². The summed E-state index contributed by atoms with van der Waals surface area (Å²) in [6.07, 6.45) is 0.300. The molecule has 1 unspecified atom stereocenters. The van der Waals surface area contributed by atoms with E-state index in [1.807, 2.05) is 27.7 Å². The maximum Gasteiger partial charge on any atom is 0.225 e. The summed E-state index contributed by atoms with van der Waals surface area (Å²) >= 11 is 0. The van der Waals surface area contributed by atoms with Crippen molar-refractivity contribution in [2.45, 2.75) is 40.2 Å². The number of nitrogens with one attached hydrogen (secondary N) is 1. The van der Waals surface area contributed by atoms with E-state index in [4.69, 9.17) is 15.2 Å². The Bertz CT molecular complexity index is 461. The number of anilines is 1. The number of carbonyl (C=O) groups is 1. The van der Waals surface area contributed by atoms with E-state index in [1.165, 1.54) is 0 Å². The standard InChI is InChI=1S/C16H26N2O3/c1-5-20-14-8-7-12(9-15(14)21-6-2)18-16(19)10-13(17)11(3)4/h7-9,11,13H,5-6,10,17H2,1-4H3,(H,18,19). The topological polar surface area (TPSA) is 73.6 Å². The maximum absolute atomic E-state index is 11.9. The number of hydrogen-bond donors (Lipinski definition) is 2. The van der Waals surface area contributed by atoms with Crippen molar-refractivity contribution in [2.75, 3.05) is 18.5 Å². The van der Waals surface area contributed by atoms with Crippen LogP contribution in [0.5, 0.6) is 11.5 Å². The van der Waals surface area contributed by atoms with Gasteiger partial charge in [0.05, 0.1) is 13.2 Å². The summed E-state index contributed by atoms with van der Waals surface area (Å²) in [6, 6.07) is 5.23. The molecule has 21 heavy (non-hydrogen) atoms. The van der Waals surface area contributed by atoms with Crippen LogP contribution in [0.15, 0.2) is 18.2 Å². The molecule has 0 spiro atoms. The number of ether oxygens (including phenoxy) is 2. The number of hydrogen-bond acceptors (Lipinski definition) is 4. The van der Waals surface area contributed by atoms with E-state index in [0.717, 1.165) is 0 Å². The lowest BCUT2D eigenvalue weighted by atomic mass is 10.0. The van der Waals surface area contributed by atoms with Gasteiger partial charge in [-0.15, -0.1) is 0 Å². The highest BCUT2D eigenvalue weighted by molar-refractivity contribution is 5.91. The Kier molecular flexibility index (Phi) is 7.02. The van der Waals surface area contributed by atoms with Crippen molar-refractivity contribution in [3.05, 3.63) is 18.2 Å². The van der Waals surface area contributed by atoms with Gasteiger partial charge in [-0.3, -0.25) is 4.79 Å². The Morgan fingerprint density at radius 1 is 1.19 bits per heavy atom. The number of benzene rings is 1. The molecule has 5 heteroatoms. The van der Waals surface area contributed by atoms with Gasteiger partial charge in [0, 0.05) is 24.2 Å². The van der Waals surface area contributed by atoms with Gasteiger partial charge in [0.25, 0.3) is 0 Å². The molecule has 0 heterocycles.